The monoisotopic (exact) mass is 1180 g/mol. The number of carboxylic acid groups (broad SMARTS) is 1. The van der Waals surface area contributed by atoms with Gasteiger partial charge in [0.15, 0.2) is 12.4 Å². The van der Waals surface area contributed by atoms with Crippen LogP contribution in [-0.4, -0.2) is 82.3 Å². The summed E-state index contributed by atoms with van der Waals surface area (Å²) in [5.41, 5.74) is 0. The molecule has 0 aliphatic carbocycles. The van der Waals surface area contributed by atoms with Crippen molar-refractivity contribution in [3.63, 3.8) is 0 Å². The fourth-order valence-electron chi connectivity index (χ4n) is 8.44. The molecule has 85 heavy (non-hydrogen) atoms. The lowest BCUT2D eigenvalue weighted by Gasteiger charge is -2.26. The van der Waals surface area contributed by atoms with Crippen LogP contribution in [0.2, 0.25) is 0 Å². The summed E-state index contributed by atoms with van der Waals surface area (Å²) in [6, 6.07) is 0. The molecule has 9 nitrogen and oxygen atoms in total. The van der Waals surface area contributed by atoms with Crippen LogP contribution in [0.5, 0.6) is 0 Å². The normalized spacial score (nSPS) is 13.8. The highest BCUT2D eigenvalue weighted by atomic mass is 16.7. The minimum absolute atomic E-state index is 0.131. The maximum absolute atomic E-state index is 12.9. The van der Waals surface area contributed by atoms with Crippen molar-refractivity contribution in [2.75, 3.05) is 47.5 Å². The molecule has 0 heterocycles. The molecule has 0 spiro atoms. The van der Waals surface area contributed by atoms with Gasteiger partial charge in [-0.1, -0.05) is 261 Å². The number of carbonyl (C=O) groups excluding carboxylic acids is 3. The average molecular weight is 1180 g/mol. The van der Waals surface area contributed by atoms with E-state index < -0.39 is 24.3 Å². The van der Waals surface area contributed by atoms with Crippen molar-refractivity contribution in [3.8, 4) is 0 Å². The predicted octanol–water partition coefficient (Wildman–Crippen LogP) is 19.3. The summed E-state index contributed by atoms with van der Waals surface area (Å²) in [5.74, 6) is -2.35. The van der Waals surface area contributed by atoms with E-state index in [-0.39, 0.29) is 38.6 Å². The molecule has 0 aromatic heterocycles. The Morgan fingerprint density at radius 1 is 0.353 bits per heavy atom. The number of carbonyl (C=O) groups is 3. The molecule has 478 valence electrons. The van der Waals surface area contributed by atoms with Crippen molar-refractivity contribution in [2.24, 2.45) is 0 Å². The third-order valence-electron chi connectivity index (χ3n) is 13.5. The van der Waals surface area contributed by atoms with Gasteiger partial charge >= 0.3 is 11.9 Å². The van der Waals surface area contributed by atoms with Gasteiger partial charge in [0.05, 0.1) is 40.3 Å². The molecule has 0 aliphatic heterocycles. The van der Waals surface area contributed by atoms with Crippen LogP contribution >= 0.6 is 0 Å². The van der Waals surface area contributed by atoms with Gasteiger partial charge < -0.3 is 33.3 Å². The molecular weight excluding hydrogens is 1050 g/mol. The molecule has 0 rings (SSSR count). The number of aliphatic carboxylic acids is 1. The Morgan fingerprint density at radius 2 is 0.635 bits per heavy atom. The van der Waals surface area contributed by atoms with Crippen molar-refractivity contribution in [1.29, 1.82) is 0 Å². The Bertz CT molecular complexity index is 2000. The van der Waals surface area contributed by atoms with Gasteiger partial charge in [0.1, 0.15) is 13.2 Å². The molecule has 0 aromatic rings. The second kappa shape index (κ2) is 64.6. The van der Waals surface area contributed by atoms with Gasteiger partial charge in [-0.15, -0.1) is 0 Å². The van der Waals surface area contributed by atoms with Crippen molar-refractivity contribution in [1.82, 2.24) is 0 Å². The number of hydrogen-bond donors (Lipinski definition) is 0. The van der Waals surface area contributed by atoms with Gasteiger partial charge in [0.25, 0.3) is 0 Å². The van der Waals surface area contributed by atoms with Crippen LogP contribution in [0.15, 0.2) is 170 Å². The van der Waals surface area contributed by atoms with Gasteiger partial charge in [0.2, 0.25) is 0 Å². The Balaban J connectivity index is 4.29. The fourth-order valence-corrected chi connectivity index (χ4v) is 8.44. The van der Waals surface area contributed by atoms with E-state index in [1.54, 1.807) is 0 Å². The number of unbranched alkanes of at least 4 members (excludes halogenated alkanes) is 16. The number of rotatable bonds is 59. The van der Waals surface area contributed by atoms with Crippen molar-refractivity contribution in [2.45, 2.75) is 245 Å². The fraction of sp³-hybridized carbons (Fsp3) is 0.592. The van der Waals surface area contributed by atoms with Crippen molar-refractivity contribution >= 4 is 17.9 Å². The molecule has 0 amide bonds. The molecule has 0 saturated carbocycles. The maximum atomic E-state index is 12.9. The summed E-state index contributed by atoms with van der Waals surface area (Å²) >= 11 is 0. The zero-order valence-corrected chi connectivity index (χ0v) is 54.4. The smallest absolute Gasteiger partial charge is 0.306 e. The Kier molecular flexibility index (Phi) is 60.6. The van der Waals surface area contributed by atoms with E-state index in [9.17, 15) is 19.5 Å². The molecule has 2 atom stereocenters. The number of quaternary nitrogens is 1. The number of allylic oxidation sites excluding steroid dienone is 28. The zero-order valence-electron chi connectivity index (χ0n) is 54.4. The summed E-state index contributed by atoms with van der Waals surface area (Å²) in [6.07, 6.45) is 94.2. The van der Waals surface area contributed by atoms with E-state index in [0.29, 0.717) is 17.4 Å². The summed E-state index contributed by atoms with van der Waals surface area (Å²) in [5, 5.41) is 11.8. The van der Waals surface area contributed by atoms with Crippen LogP contribution in [0.25, 0.3) is 0 Å². The summed E-state index contributed by atoms with van der Waals surface area (Å²) in [6.45, 7) is 4.46. The Hall–Kier alpha value is -5.35. The second-order valence-corrected chi connectivity index (χ2v) is 22.6. The van der Waals surface area contributed by atoms with E-state index in [4.69, 9.17) is 18.9 Å². The molecule has 0 aliphatic rings. The highest BCUT2D eigenvalue weighted by molar-refractivity contribution is 5.70. The Morgan fingerprint density at radius 3 is 0.953 bits per heavy atom. The first-order valence-corrected chi connectivity index (χ1v) is 33.3. The number of ether oxygens (including phenoxy) is 4. The molecule has 2 unspecified atom stereocenters. The summed E-state index contributed by atoms with van der Waals surface area (Å²) in [4.78, 5) is 37.4. The third kappa shape index (κ3) is 66.0. The average Bonchev–Trinajstić information content (AvgIpc) is 3.49. The number of likely N-dealkylation sites (N-methyl/N-ethyl adjacent to an activating group) is 1. The standard InChI is InChI=1S/C76H121NO8/c1-6-8-10-12-14-16-18-20-22-24-26-28-30-32-34-36-37-39-41-43-45-47-49-51-53-55-57-59-61-63-65-67-74(79)85-72(71-84-76(75(80)81)82-69-68-77(3,4)5)70-83-73(78)66-64-62-60-58-56-54-52-50-48-46-44-42-40-38-35-33-31-29-27-25-23-21-19-17-15-13-11-9-7-2/h8-11,14-17,20-23,26-29,32-35,37,39,43,45,49,51,55,57,72,76H,6-7,12-13,18-19,24-25,30-31,36,38,40-42,44,46-48,50,52-54,56,58-71H2,1-5H3/b10-8-,11-9-,16-14-,17-15-,22-20-,23-21-,28-26-,29-27-,34-32-,35-33-,39-37-,45-43-,51-49-,57-55-. The minimum atomic E-state index is -1.64. The number of carboxylic acids is 1. The van der Waals surface area contributed by atoms with Gasteiger partial charge in [-0.2, -0.15) is 0 Å². The lowest BCUT2D eigenvalue weighted by Crippen LogP contribution is -2.44. The molecule has 0 radical (unpaired) electrons. The summed E-state index contributed by atoms with van der Waals surface area (Å²) < 4.78 is 22.7. The molecule has 9 heteroatoms. The minimum Gasteiger partial charge on any atom is -0.545 e. The first-order valence-electron chi connectivity index (χ1n) is 33.3. The SMILES string of the molecule is CC/C=C\C/C=C\C/C=C\C/C=C\C/C=C\C/C=C\C/C=C\C/C=C\C/C=C\CCCCCC(=O)OC(COC(=O)CCCCCCCCCCCCCCC/C=C\C/C=C\C/C=C\C/C=C\C/C=C\CC)COC(OCC[N+](C)(C)C)C(=O)[O-]. The molecule has 0 saturated heterocycles. The van der Waals surface area contributed by atoms with E-state index in [1.807, 2.05) is 21.1 Å². The third-order valence-corrected chi connectivity index (χ3v) is 13.5. The second-order valence-electron chi connectivity index (χ2n) is 22.6. The quantitative estimate of drug-likeness (QED) is 0.0195. The van der Waals surface area contributed by atoms with Crippen LogP contribution in [-0.2, 0) is 33.3 Å². The first kappa shape index (κ1) is 79.7. The van der Waals surface area contributed by atoms with E-state index >= 15 is 0 Å². The molecular formula is C76H121NO8. The van der Waals surface area contributed by atoms with Crippen LogP contribution in [0.1, 0.15) is 232 Å². The number of hydrogen-bond acceptors (Lipinski definition) is 8. The molecule has 0 aromatic carbocycles. The summed E-state index contributed by atoms with van der Waals surface area (Å²) in [7, 11) is 5.90. The van der Waals surface area contributed by atoms with Crippen LogP contribution in [0, 0.1) is 0 Å². The van der Waals surface area contributed by atoms with Gasteiger partial charge in [0, 0.05) is 12.8 Å². The highest BCUT2D eigenvalue weighted by Crippen LogP contribution is 2.15. The number of esters is 2. The highest BCUT2D eigenvalue weighted by Gasteiger charge is 2.22. The van der Waals surface area contributed by atoms with Gasteiger partial charge in [-0.05, 0) is 128 Å². The molecule has 0 fully saturated rings. The predicted molar refractivity (Wildman–Crippen MR) is 361 cm³/mol. The van der Waals surface area contributed by atoms with E-state index in [0.717, 1.165) is 135 Å². The van der Waals surface area contributed by atoms with E-state index in [1.165, 1.54) is 64.2 Å². The Labute approximate surface area is 520 Å². The molecule has 0 N–H and O–H groups in total. The first-order chi connectivity index (χ1) is 41.6. The maximum Gasteiger partial charge on any atom is 0.306 e. The van der Waals surface area contributed by atoms with E-state index in [2.05, 4.69) is 184 Å². The number of nitrogens with zero attached hydrogens (tertiary/aromatic N) is 1. The van der Waals surface area contributed by atoms with Crippen molar-refractivity contribution in [3.05, 3.63) is 170 Å². The lowest BCUT2D eigenvalue weighted by molar-refractivity contribution is -0.870. The largest absolute Gasteiger partial charge is 0.545 e. The topological polar surface area (TPSA) is 111 Å². The van der Waals surface area contributed by atoms with Crippen LogP contribution in [0.3, 0.4) is 0 Å². The molecule has 0 bridgehead atoms. The van der Waals surface area contributed by atoms with Gasteiger partial charge in [-0.25, -0.2) is 0 Å². The van der Waals surface area contributed by atoms with Crippen molar-refractivity contribution < 1.29 is 42.9 Å². The van der Waals surface area contributed by atoms with Gasteiger partial charge in [-0.3, -0.25) is 9.59 Å². The van der Waals surface area contributed by atoms with Crippen LogP contribution in [0.4, 0.5) is 0 Å². The van der Waals surface area contributed by atoms with Crippen LogP contribution < -0.4 is 5.11 Å². The lowest BCUT2D eigenvalue weighted by atomic mass is 10.0. The zero-order chi connectivity index (χ0) is 61.9.